The van der Waals surface area contributed by atoms with Crippen molar-refractivity contribution >= 4 is 12.2 Å². The Morgan fingerprint density at radius 2 is 1.81 bits per heavy atom. The Labute approximate surface area is 131 Å². The highest BCUT2D eigenvalue weighted by Gasteiger charge is 2.21. The van der Waals surface area contributed by atoms with Crippen LogP contribution in [-0.2, 0) is 6.54 Å². The molecule has 1 fully saturated rings. The number of benzene rings is 1. The number of rotatable bonds is 4. The lowest BCUT2D eigenvalue weighted by Crippen LogP contribution is -2.19. The Morgan fingerprint density at radius 3 is 2.48 bits per heavy atom. The van der Waals surface area contributed by atoms with Crippen molar-refractivity contribution in [1.29, 1.82) is 0 Å². The molecular formula is C17H23N3S. The standard InChI is InChI=1S/C17H23N3S/c1-2-13-8-10-14(11-9-13)12-20-16(18-19-17(20)21)15-6-4-3-5-7-15/h3-7,13-14H,2,8-12H2,1H3,(H,19,21). The average Bonchev–Trinajstić information content (AvgIpc) is 2.90. The highest BCUT2D eigenvalue weighted by atomic mass is 32.1. The van der Waals surface area contributed by atoms with Gasteiger partial charge in [0.2, 0.25) is 0 Å². The Kier molecular flexibility index (Phi) is 4.54. The molecule has 0 saturated heterocycles. The minimum atomic E-state index is 0.736. The Morgan fingerprint density at radius 1 is 1.14 bits per heavy atom. The monoisotopic (exact) mass is 301 g/mol. The maximum atomic E-state index is 5.43. The van der Waals surface area contributed by atoms with Gasteiger partial charge in [0.25, 0.3) is 0 Å². The van der Waals surface area contributed by atoms with E-state index in [1.165, 1.54) is 32.1 Å². The summed E-state index contributed by atoms with van der Waals surface area (Å²) in [6.45, 7) is 3.31. The van der Waals surface area contributed by atoms with Crippen molar-refractivity contribution in [3.63, 3.8) is 0 Å². The maximum absolute atomic E-state index is 5.43. The van der Waals surface area contributed by atoms with Crippen molar-refractivity contribution in [3.8, 4) is 11.4 Å². The smallest absolute Gasteiger partial charge is 0.195 e. The maximum Gasteiger partial charge on any atom is 0.195 e. The number of nitrogens with zero attached hydrogens (tertiary/aromatic N) is 2. The number of H-pyrrole nitrogens is 1. The van der Waals surface area contributed by atoms with Gasteiger partial charge in [0.1, 0.15) is 0 Å². The van der Waals surface area contributed by atoms with Crippen molar-refractivity contribution < 1.29 is 0 Å². The van der Waals surface area contributed by atoms with Gasteiger partial charge in [-0.25, -0.2) is 0 Å². The van der Waals surface area contributed by atoms with E-state index in [9.17, 15) is 0 Å². The molecule has 1 aliphatic carbocycles. The predicted octanol–water partition coefficient (Wildman–Crippen LogP) is 4.82. The lowest BCUT2D eigenvalue weighted by molar-refractivity contribution is 0.247. The lowest BCUT2D eigenvalue weighted by Gasteiger charge is -2.28. The first-order chi connectivity index (χ1) is 10.3. The van der Waals surface area contributed by atoms with E-state index in [0.717, 1.165) is 34.5 Å². The molecule has 0 spiro atoms. The number of aromatic amines is 1. The van der Waals surface area contributed by atoms with Gasteiger partial charge in [0.05, 0.1) is 0 Å². The van der Waals surface area contributed by atoms with Gasteiger partial charge in [0.15, 0.2) is 10.6 Å². The van der Waals surface area contributed by atoms with Crippen LogP contribution in [0.3, 0.4) is 0 Å². The highest BCUT2D eigenvalue weighted by Crippen LogP contribution is 2.32. The minimum Gasteiger partial charge on any atom is -0.300 e. The second-order valence-corrected chi connectivity index (χ2v) is 6.51. The van der Waals surface area contributed by atoms with Crippen LogP contribution in [0.5, 0.6) is 0 Å². The van der Waals surface area contributed by atoms with Gasteiger partial charge < -0.3 is 0 Å². The third kappa shape index (κ3) is 3.26. The van der Waals surface area contributed by atoms with Gasteiger partial charge in [0, 0.05) is 12.1 Å². The van der Waals surface area contributed by atoms with E-state index < -0.39 is 0 Å². The van der Waals surface area contributed by atoms with Crippen LogP contribution in [0.2, 0.25) is 0 Å². The van der Waals surface area contributed by atoms with E-state index in [2.05, 4.69) is 33.8 Å². The first kappa shape index (κ1) is 14.5. The van der Waals surface area contributed by atoms with Crippen molar-refractivity contribution in [3.05, 3.63) is 35.1 Å². The second-order valence-electron chi connectivity index (χ2n) is 6.12. The molecule has 3 rings (SSSR count). The second kappa shape index (κ2) is 6.56. The Hall–Kier alpha value is -1.42. The fraction of sp³-hybridized carbons (Fsp3) is 0.529. The molecule has 0 amide bonds. The molecule has 2 aromatic rings. The summed E-state index contributed by atoms with van der Waals surface area (Å²) in [7, 11) is 0. The number of hydrogen-bond donors (Lipinski definition) is 1. The summed E-state index contributed by atoms with van der Waals surface area (Å²) in [6, 6.07) is 10.3. The summed E-state index contributed by atoms with van der Waals surface area (Å²) in [4.78, 5) is 0. The van der Waals surface area contributed by atoms with E-state index in [1.807, 2.05) is 18.2 Å². The van der Waals surface area contributed by atoms with Crippen molar-refractivity contribution in [2.75, 3.05) is 0 Å². The minimum absolute atomic E-state index is 0.736. The molecular weight excluding hydrogens is 278 g/mol. The van der Waals surface area contributed by atoms with E-state index >= 15 is 0 Å². The Balaban J connectivity index is 1.77. The molecule has 0 radical (unpaired) electrons. The van der Waals surface area contributed by atoms with Crippen LogP contribution in [0.4, 0.5) is 0 Å². The quantitative estimate of drug-likeness (QED) is 0.821. The van der Waals surface area contributed by atoms with Gasteiger partial charge in [-0.1, -0.05) is 56.5 Å². The molecule has 21 heavy (non-hydrogen) atoms. The molecule has 1 saturated carbocycles. The molecule has 3 nitrogen and oxygen atoms in total. The van der Waals surface area contributed by atoms with Crippen molar-refractivity contribution in [2.24, 2.45) is 11.8 Å². The zero-order valence-electron chi connectivity index (χ0n) is 12.6. The molecule has 0 bridgehead atoms. The van der Waals surface area contributed by atoms with Crippen molar-refractivity contribution in [1.82, 2.24) is 14.8 Å². The molecule has 0 unspecified atom stereocenters. The van der Waals surface area contributed by atoms with Crippen LogP contribution < -0.4 is 0 Å². The summed E-state index contributed by atoms with van der Waals surface area (Å²) in [5, 5.41) is 7.39. The summed E-state index contributed by atoms with van der Waals surface area (Å²) >= 11 is 5.43. The first-order valence-corrected chi connectivity index (χ1v) is 8.39. The van der Waals surface area contributed by atoms with Gasteiger partial charge >= 0.3 is 0 Å². The molecule has 112 valence electrons. The zero-order valence-corrected chi connectivity index (χ0v) is 13.4. The Bertz CT molecular complexity index is 621. The molecule has 0 atom stereocenters. The number of nitrogens with one attached hydrogen (secondary N) is 1. The van der Waals surface area contributed by atoms with Crippen LogP contribution in [0.25, 0.3) is 11.4 Å². The van der Waals surface area contributed by atoms with Crippen LogP contribution in [0.15, 0.2) is 30.3 Å². The zero-order chi connectivity index (χ0) is 14.7. The topological polar surface area (TPSA) is 33.6 Å². The van der Waals surface area contributed by atoms with Crippen LogP contribution in [0.1, 0.15) is 39.0 Å². The first-order valence-electron chi connectivity index (χ1n) is 7.98. The number of hydrogen-bond acceptors (Lipinski definition) is 2. The molecule has 1 aromatic carbocycles. The fourth-order valence-corrected chi connectivity index (χ4v) is 3.58. The van der Waals surface area contributed by atoms with Crippen molar-refractivity contribution in [2.45, 2.75) is 45.6 Å². The van der Waals surface area contributed by atoms with Crippen LogP contribution >= 0.6 is 12.2 Å². The largest absolute Gasteiger partial charge is 0.300 e. The third-order valence-electron chi connectivity index (χ3n) is 4.77. The van der Waals surface area contributed by atoms with E-state index in [0.29, 0.717) is 0 Å². The molecule has 4 heteroatoms. The van der Waals surface area contributed by atoms with Gasteiger partial charge in [-0.3, -0.25) is 9.67 Å². The summed E-state index contributed by atoms with van der Waals surface area (Å²) in [6.07, 6.45) is 6.70. The molecule has 1 aliphatic rings. The molecule has 1 N–H and O–H groups in total. The van der Waals surface area contributed by atoms with E-state index in [-0.39, 0.29) is 0 Å². The predicted molar refractivity (Wildman–Crippen MR) is 88.6 cm³/mol. The lowest BCUT2D eigenvalue weighted by atomic mass is 9.81. The van der Waals surface area contributed by atoms with Gasteiger partial charge in [-0.05, 0) is 36.9 Å². The summed E-state index contributed by atoms with van der Waals surface area (Å²) < 4.78 is 2.92. The molecule has 0 aliphatic heterocycles. The molecule has 1 aromatic heterocycles. The summed E-state index contributed by atoms with van der Waals surface area (Å²) in [5.74, 6) is 2.64. The fourth-order valence-electron chi connectivity index (χ4n) is 3.38. The summed E-state index contributed by atoms with van der Waals surface area (Å²) in [5.41, 5.74) is 1.13. The molecule has 1 heterocycles. The van der Waals surface area contributed by atoms with Crippen LogP contribution in [0, 0.1) is 16.6 Å². The van der Waals surface area contributed by atoms with Crippen LogP contribution in [-0.4, -0.2) is 14.8 Å². The van der Waals surface area contributed by atoms with E-state index in [1.54, 1.807) is 0 Å². The van der Waals surface area contributed by atoms with Gasteiger partial charge in [-0.2, -0.15) is 5.10 Å². The van der Waals surface area contributed by atoms with Gasteiger partial charge in [-0.15, -0.1) is 0 Å². The normalized spacial score (nSPS) is 22.3. The van der Waals surface area contributed by atoms with E-state index in [4.69, 9.17) is 12.2 Å². The highest BCUT2D eigenvalue weighted by molar-refractivity contribution is 7.71. The average molecular weight is 301 g/mol. The SMILES string of the molecule is CCC1CCC(Cn2c(-c3ccccc3)n[nH]c2=S)CC1. The number of aromatic nitrogens is 3. The third-order valence-corrected chi connectivity index (χ3v) is 5.09.